The van der Waals surface area contributed by atoms with E-state index < -0.39 is 0 Å². The Morgan fingerprint density at radius 1 is 1.47 bits per heavy atom. The Bertz CT molecular complexity index is 732. The van der Waals surface area contributed by atoms with E-state index in [9.17, 15) is 4.79 Å². The highest BCUT2D eigenvalue weighted by molar-refractivity contribution is 7.15. The molecule has 1 amide bonds. The van der Waals surface area contributed by atoms with Crippen LogP contribution >= 0.6 is 11.3 Å². The van der Waals surface area contributed by atoms with Crippen LogP contribution < -0.4 is 5.32 Å². The molecule has 0 aliphatic heterocycles. The van der Waals surface area contributed by atoms with E-state index in [2.05, 4.69) is 15.3 Å². The van der Waals surface area contributed by atoms with Crippen molar-refractivity contribution in [3.05, 3.63) is 41.2 Å². The number of amides is 1. The predicted octanol–water partition coefficient (Wildman–Crippen LogP) is 2.77. The number of pyridine rings is 1. The van der Waals surface area contributed by atoms with Gasteiger partial charge in [0.1, 0.15) is 5.52 Å². The lowest BCUT2D eigenvalue weighted by molar-refractivity contribution is -0.115. The van der Waals surface area contributed by atoms with Crippen LogP contribution in [0.25, 0.3) is 11.1 Å². The number of aryl methyl sites for hydroxylation is 1. The van der Waals surface area contributed by atoms with Crippen LogP contribution in [0.4, 0.5) is 5.13 Å². The number of thiazole rings is 1. The second kappa shape index (κ2) is 4.81. The third kappa shape index (κ3) is 2.48. The molecule has 3 rings (SSSR count). The van der Waals surface area contributed by atoms with Crippen LogP contribution in [0.15, 0.2) is 35.2 Å². The summed E-state index contributed by atoms with van der Waals surface area (Å²) in [6.07, 6.45) is 5.21. The summed E-state index contributed by atoms with van der Waals surface area (Å²) in [7, 11) is 0. The van der Waals surface area contributed by atoms with Gasteiger partial charge in [-0.15, -0.1) is 11.3 Å². The van der Waals surface area contributed by atoms with Gasteiger partial charge < -0.3 is 9.73 Å². The fourth-order valence-corrected chi connectivity index (χ4v) is 2.47. The third-order valence-electron chi connectivity index (χ3n) is 2.62. The Labute approximate surface area is 113 Å². The smallest absolute Gasteiger partial charge is 0.230 e. The maximum atomic E-state index is 11.9. The fourth-order valence-electron chi connectivity index (χ4n) is 1.79. The summed E-state index contributed by atoms with van der Waals surface area (Å²) in [6.45, 7) is 1.95. The first kappa shape index (κ1) is 11.9. The summed E-state index contributed by atoms with van der Waals surface area (Å²) < 4.78 is 5.35. The number of hydrogen-bond donors (Lipinski definition) is 1. The molecule has 6 heteroatoms. The molecule has 0 aliphatic carbocycles. The summed E-state index contributed by atoms with van der Waals surface area (Å²) >= 11 is 1.45. The first-order chi connectivity index (χ1) is 9.22. The molecule has 0 spiro atoms. The monoisotopic (exact) mass is 273 g/mol. The van der Waals surface area contributed by atoms with E-state index in [0.29, 0.717) is 10.7 Å². The number of hydrogen-bond acceptors (Lipinski definition) is 5. The second-order valence-corrected chi connectivity index (χ2v) is 5.35. The molecule has 19 heavy (non-hydrogen) atoms. The number of carbonyl (C=O) groups excluding carboxylic acids is 1. The van der Waals surface area contributed by atoms with E-state index in [1.807, 2.05) is 13.0 Å². The van der Waals surface area contributed by atoms with Gasteiger partial charge in [0.15, 0.2) is 10.7 Å². The molecule has 0 fully saturated rings. The topological polar surface area (TPSA) is 68.0 Å². The van der Waals surface area contributed by atoms with Crippen molar-refractivity contribution >= 4 is 33.5 Å². The summed E-state index contributed by atoms with van der Waals surface area (Å²) in [5.74, 6) is -0.122. The molecular formula is C13H11N3O2S. The number of rotatable bonds is 3. The van der Waals surface area contributed by atoms with Crippen molar-refractivity contribution < 1.29 is 9.21 Å². The van der Waals surface area contributed by atoms with Gasteiger partial charge in [0.25, 0.3) is 0 Å². The molecule has 3 aromatic heterocycles. The van der Waals surface area contributed by atoms with Crippen LogP contribution in [0, 0.1) is 6.92 Å². The molecule has 96 valence electrons. The van der Waals surface area contributed by atoms with Gasteiger partial charge in [-0.25, -0.2) is 4.98 Å². The van der Waals surface area contributed by atoms with Gasteiger partial charge in [0.2, 0.25) is 5.91 Å². The minimum atomic E-state index is -0.122. The zero-order chi connectivity index (χ0) is 13.2. The lowest BCUT2D eigenvalue weighted by Gasteiger charge is -1.99. The standard InChI is InChI=1S/C13H11N3O2S/c1-8-6-15-13(19-8)16-11(17)5-9-7-18-10-3-2-4-14-12(9)10/h2-4,6-7H,5H2,1H3,(H,15,16,17). The normalized spacial score (nSPS) is 10.8. The zero-order valence-electron chi connectivity index (χ0n) is 10.2. The summed E-state index contributed by atoms with van der Waals surface area (Å²) in [5.41, 5.74) is 2.20. The van der Waals surface area contributed by atoms with E-state index in [0.717, 1.165) is 16.0 Å². The number of furan rings is 1. The molecule has 0 atom stereocenters. The molecule has 0 aliphatic rings. The zero-order valence-corrected chi connectivity index (χ0v) is 11.0. The minimum Gasteiger partial charge on any atom is -0.462 e. The largest absolute Gasteiger partial charge is 0.462 e. The Balaban J connectivity index is 1.76. The van der Waals surface area contributed by atoms with Crippen molar-refractivity contribution in [2.24, 2.45) is 0 Å². The van der Waals surface area contributed by atoms with Crippen molar-refractivity contribution in [1.82, 2.24) is 9.97 Å². The van der Waals surface area contributed by atoms with Crippen LogP contribution in [-0.4, -0.2) is 15.9 Å². The van der Waals surface area contributed by atoms with Crippen molar-refractivity contribution in [3.63, 3.8) is 0 Å². The van der Waals surface area contributed by atoms with Gasteiger partial charge in [0, 0.05) is 22.8 Å². The van der Waals surface area contributed by atoms with E-state index >= 15 is 0 Å². The van der Waals surface area contributed by atoms with E-state index in [4.69, 9.17) is 4.42 Å². The summed E-state index contributed by atoms with van der Waals surface area (Å²) in [5, 5.41) is 3.38. The second-order valence-electron chi connectivity index (χ2n) is 4.11. The highest BCUT2D eigenvalue weighted by Crippen LogP contribution is 2.20. The molecule has 3 aromatic rings. The lowest BCUT2D eigenvalue weighted by Crippen LogP contribution is -2.13. The van der Waals surface area contributed by atoms with E-state index in [1.54, 1.807) is 24.7 Å². The lowest BCUT2D eigenvalue weighted by atomic mass is 10.2. The highest BCUT2D eigenvalue weighted by atomic mass is 32.1. The van der Waals surface area contributed by atoms with Gasteiger partial charge in [0.05, 0.1) is 12.7 Å². The Morgan fingerprint density at radius 3 is 3.16 bits per heavy atom. The molecule has 0 aromatic carbocycles. The Morgan fingerprint density at radius 2 is 2.37 bits per heavy atom. The molecule has 0 saturated carbocycles. The van der Waals surface area contributed by atoms with Crippen LogP contribution in [0.2, 0.25) is 0 Å². The molecule has 0 radical (unpaired) electrons. The highest BCUT2D eigenvalue weighted by Gasteiger charge is 2.12. The minimum absolute atomic E-state index is 0.122. The van der Waals surface area contributed by atoms with E-state index in [-0.39, 0.29) is 12.3 Å². The van der Waals surface area contributed by atoms with Crippen molar-refractivity contribution in [3.8, 4) is 0 Å². The molecule has 0 unspecified atom stereocenters. The number of nitrogens with one attached hydrogen (secondary N) is 1. The molecule has 1 N–H and O–H groups in total. The Hall–Kier alpha value is -2.21. The number of anilines is 1. The number of nitrogens with zero attached hydrogens (tertiary/aromatic N) is 2. The number of aromatic nitrogens is 2. The third-order valence-corrected chi connectivity index (χ3v) is 3.45. The number of carbonyl (C=O) groups is 1. The molecule has 0 bridgehead atoms. The van der Waals surface area contributed by atoms with Crippen molar-refractivity contribution in [2.75, 3.05) is 5.32 Å². The fraction of sp³-hybridized carbons (Fsp3) is 0.154. The Kier molecular flexibility index (Phi) is 3.00. The summed E-state index contributed by atoms with van der Waals surface area (Å²) in [4.78, 5) is 21.3. The van der Waals surface area contributed by atoms with Gasteiger partial charge in [-0.2, -0.15) is 0 Å². The quantitative estimate of drug-likeness (QED) is 0.796. The first-order valence-corrected chi connectivity index (χ1v) is 6.57. The molecular weight excluding hydrogens is 262 g/mol. The summed E-state index contributed by atoms with van der Waals surface area (Å²) in [6, 6.07) is 3.63. The SMILES string of the molecule is Cc1cnc(NC(=O)Cc2coc3cccnc23)s1. The molecule has 0 saturated heterocycles. The van der Waals surface area contributed by atoms with Crippen molar-refractivity contribution in [2.45, 2.75) is 13.3 Å². The van der Waals surface area contributed by atoms with Gasteiger partial charge in [-0.3, -0.25) is 9.78 Å². The van der Waals surface area contributed by atoms with E-state index in [1.165, 1.54) is 11.3 Å². The van der Waals surface area contributed by atoms with Gasteiger partial charge in [-0.05, 0) is 19.1 Å². The van der Waals surface area contributed by atoms with Crippen LogP contribution in [0.5, 0.6) is 0 Å². The van der Waals surface area contributed by atoms with Gasteiger partial charge in [-0.1, -0.05) is 0 Å². The molecule has 5 nitrogen and oxygen atoms in total. The number of fused-ring (bicyclic) bond motifs is 1. The first-order valence-electron chi connectivity index (χ1n) is 5.76. The van der Waals surface area contributed by atoms with Crippen LogP contribution in [0.3, 0.4) is 0 Å². The van der Waals surface area contributed by atoms with Crippen LogP contribution in [-0.2, 0) is 11.2 Å². The maximum absolute atomic E-state index is 11.9. The predicted molar refractivity (Wildman–Crippen MR) is 73.2 cm³/mol. The molecule has 3 heterocycles. The average Bonchev–Trinajstić information content (AvgIpc) is 2.97. The van der Waals surface area contributed by atoms with Gasteiger partial charge >= 0.3 is 0 Å². The average molecular weight is 273 g/mol. The maximum Gasteiger partial charge on any atom is 0.230 e. The van der Waals surface area contributed by atoms with Crippen molar-refractivity contribution in [1.29, 1.82) is 0 Å². The van der Waals surface area contributed by atoms with Crippen LogP contribution in [0.1, 0.15) is 10.4 Å².